The Labute approximate surface area is 119 Å². The normalized spacial score (nSPS) is 26.1. The summed E-state index contributed by atoms with van der Waals surface area (Å²) in [6.45, 7) is 2.41. The molecule has 0 saturated carbocycles. The zero-order valence-corrected chi connectivity index (χ0v) is 12.4. The van der Waals surface area contributed by atoms with Crippen molar-refractivity contribution in [3.8, 4) is 0 Å². The molecule has 2 rings (SSSR count). The fourth-order valence-electron chi connectivity index (χ4n) is 2.25. The van der Waals surface area contributed by atoms with Crippen LogP contribution in [0.1, 0.15) is 37.9 Å². The van der Waals surface area contributed by atoms with Crippen LogP contribution in [0.4, 0.5) is 4.39 Å². The zero-order valence-electron chi connectivity index (χ0n) is 10.0. The Morgan fingerprint density at radius 3 is 2.83 bits per heavy atom. The molecular formula is C13H15BrClFO2. The molecule has 0 radical (unpaired) electrons. The van der Waals surface area contributed by atoms with Crippen LogP contribution in [-0.2, 0) is 4.74 Å². The van der Waals surface area contributed by atoms with E-state index in [9.17, 15) is 9.50 Å². The Morgan fingerprint density at radius 2 is 2.22 bits per heavy atom. The van der Waals surface area contributed by atoms with Crippen LogP contribution < -0.4 is 0 Å². The van der Waals surface area contributed by atoms with E-state index in [-0.39, 0.29) is 10.6 Å². The molecule has 18 heavy (non-hydrogen) atoms. The third kappa shape index (κ3) is 2.57. The molecule has 1 N–H and O–H groups in total. The Kier molecular flexibility index (Phi) is 4.32. The van der Waals surface area contributed by atoms with E-state index in [4.69, 9.17) is 16.3 Å². The fourth-order valence-corrected chi connectivity index (χ4v) is 2.73. The first-order chi connectivity index (χ1) is 8.46. The molecule has 0 amide bonds. The Hall–Kier alpha value is -0.160. The third-order valence-corrected chi connectivity index (χ3v) is 4.70. The molecule has 2 unspecified atom stereocenters. The van der Waals surface area contributed by atoms with Gasteiger partial charge in [-0.25, -0.2) is 4.39 Å². The first-order valence-corrected chi connectivity index (χ1v) is 7.08. The number of ether oxygens (including phenoxy) is 1. The van der Waals surface area contributed by atoms with Crippen LogP contribution in [0.5, 0.6) is 0 Å². The molecule has 1 heterocycles. The number of aliphatic hydroxyl groups excluding tert-OH is 1. The molecule has 0 spiro atoms. The molecule has 0 aliphatic carbocycles. The van der Waals surface area contributed by atoms with E-state index in [1.807, 2.05) is 6.92 Å². The molecule has 1 fully saturated rings. The Bertz CT molecular complexity index is 447. The lowest BCUT2D eigenvalue weighted by molar-refractivity contribution is -0.139. The summed E-state index contributed by atoms with van der Waals surface area (Å²) in [6, 6.07) is 3.18. The van der Waals surface area contributed by atoms with Gasteiger partial charge in [0, 0.05) is 16.6 Å². The first-order valence-electron chi connectivity index (χ1n) is 5.91. The van der Waals surface area contributed by atoms with Crippen LogP contribution in [0.25, 0.3) is 0 Å². The summed E-state index contributed by atoms with van der Waals surface area (Å²) in [4.78, 5) is 0. The lowest BCUT2D eigenvalue weighted by atomic mass is 9.86. The highest BCUT2D eigenvalue weighted by Crippen LogP contribution is 2.39. The molecule has 0 aromatic heterocycles. The second-order valence-electron chi connectivity index (χ2n) is 4.79. The second-order valence-corrected chi connectivity index (χ2v) is 6.02. The third-order valence-electron chi connectivity index (χ3n) is 3.44. The number of hydrogen-bond donors (Lipinski definition) is 1. The average Bonchev–Trinajstić information content (AvgIpc) is 2.36. The summed E-state index contributed by atoms with van der Waals surface area (Å²) < 4.78 is 20.2. The maximum Gasteiger partial charge on any atom is 0.148 e. The molecule has 1 aromatic carbocycles. The minimum atomic E-state index is -1.01. The van der Waals surface area contributed by atoms with Crippen LogP contribution >= 0.6 is 27.5 Å². The number of hydrogen-bond acceptors (Lipinski definition) is 2. The van der Waals surface area contributed by atoms with Crippen molar-refractivity contribution < 1.29 is 14.2 Å². The maximum absolute atomic E-state index is 14.1. The van der Waals surface area contributed by atoms with E-state index >= 15 is 0 Å². The molecule has 0 bridgehead atoms. The smallest absolute Gasteiger partial charge is 0.148 e. The largest absolute Gasteiger partial charge is 0.385 e. The highest BCUT2D eigenvalue weighted by Gasteiger charge is 2.38. The van der Waals surface area contributed by atoms with Crippen molar-refractivity contribution in [3.05, 3.63) is 33.0 Å². The van der Waals surface area contributed by atoms with Gasteiger partial charge in [0.2, 0.25) is 0 Å². The van der Waals surface area contributed by atoms with E-state index in [2.05, 4.69) is 15.9 Å². The second kappa shape index (κ2) is 5.45. The van der Waals surface area contributed by atoms with Crippen molar-refractivity contribution in [2.24, 2.45) is 0 Å². The fraction of sp³-hybridized carbons (Fsp3) is 0.538. The van der Waals surface area contributed by atoms with E-state index in [1.165, 1.54) is 0 Å². The van der Waals surface area contributed by atoms with Crippen LogP contribution in [-0.4, -0.2) is 17.3 Å². The van der Waals surface area contributed by atoms with Gasteiger partial charge in [-0.3, -0.25) is 0 Å². The van der Waals surface area contributed by atoms with Crippen LogP contribution in [0.3, 0.4) is 0 Å². The zero-order chi connectivity index (χ0) is 13.3. The first kappa shape index (κ1) is 14.3. The Morgan fingerprint density at radius 1 is 1.50 bits per heavy atom. The van der Waals surface area contributed by atoms with Gasteiger partial charge in [0.15, 0.2) is 0 Å². The average molecular weight is 338 g/mol. The van der Waals surface area contributed by atoms with E-state index in [1.54, 1.807) is 12.1 Å². The van der Waals surface area contributed by atoms with Gasteiger partial charge >= 0.3 is 0 Å². The van der Waals surface area contributed by atoms with Gasteiger partial charge in [-0.2, -0.15) is 0 Å². The van der Waals surface area contributed by atoms with E-state index in [0.29, 0.717) is 17.5 Å². The van der Waals surface area contributed by atoms with Crippen molar-refractivity contribution in [1.82, 2.24) is 0 Å². The van der Waals surface area contributed by atoms with Crippen LogP contribution in [0.2, 0.25) is 5.02 Å². The highest BCUT2D eigenvalue weighted by atomic mass is 79.9. The van der Waals surface area contributed by atoms with Crippen molar-refractivity contribution in [2.45, 2.75) is 37.9 Å². The number of rotatable bonds is 2. The van der Waals surface area contributed by atoms with Gasteiger partial charge in [-0.05, 0) is 48.2 Å². The van der Waals surface area contributed by atoms with Gasteiger partial charge in [-0.1, -0.05) is 17.7 Å². The predicted molar refractivity (Wildman–Crippen MR) is 72.3 cm³/mol. The molecular weight excluding hydrogens is 322 g/mol. The van der Waals surface area contributed by atoms with Gasteiger partial charge in [0.05, 0.1) is 10.6 Å². The van der Waals surface area contributed by atoms with Crippen molar-refractivity contribution in [1.29, 1.82) is 0 Å². The standard InChI is InChI=1S/C13H15BrClFO2/c1-13(6-2-3-7-18-13)12(17)8-4-5-9(14)10(15)11(8)16/h4-5,12,17H,2-3,6-7H2,1H3. The van der Waals surface area contributed by atoms with Gasteiger partial charge in [-0.15, -0.1) is 0 Å². The molecule has 1 saturated heterocycles. The summed E-state index contributed by atoms with van der Waals surface area (Å²) in [5.74, 6) is -0.589. The van der Waals surface area contributed by atoms with Crippen molar-refractivity contribution >= 4 is 27.5 Å². The van der Waals surface area contributed by atoms with Gasteiger partial charge < -0.3 is 9.84 Å². The number of benzene rings is 1. The monoisotopic (exact) mass is 336 g/mol. The molecule has 2 nitrogen and oxygen atoms in total. The predicted octanol–water partition coefficient (Wildman–Crippen LogP) is 4.23. The topological polar surface area (TPSA) is 29.5 Å². The lowest BCUT2D eigenvalue weighted by Gasteiger charge is -2.38. The minimum absolute atomic E-state index is 0.00837. The van der Waals surface area contributed by atoms with Crippen molar-refractivity contribution in [3.63, 3.8) is 0 Å². The summed E-state index contributed by atoms with van der Waals surface area (Å²) in [5, 5.41) is 10.4. The number of aliphatic hydroxyl groups is 1. The van der Waals surface area contributed by atoms with Gasteiger partial charge in [0.1, 0.15) is 11.9 Å². The maximum atomic E-state index is 14.1. The Balaban J connectivity index is 2.33. The van der Waals surface area contributed by atoms with Crippen LogP contribution in [0, 0.1) is 5.82 Å². The molecule has 1 aliphatic rings. The van der Waals surface area contributed by atoms with E-state index in [0.717, 1.165) is 12.8 Å². The summed E-state index contributed by atoms with van der Waals surface area (Å²) in [5.41, 5.74) is -0.552. The quantitative estimate of drug-likeness (QED) is 0.818. The number of halogens is 3. The molecule has 5 heteroatoms. The molecule has 1 aromatic rings. The van der Waals surface area contributed by atoms with Gasteiger partial charge in [0.25, 0.3) is 0 Å². The SMILES string of the molecule is CC1(C(O)c2ccc(Br)c(Cl)c2F)CCCCO1. The summed E-state index contributed by atoms with van der Waals surface area (Å²) >= 11 is 8.99. The van der Waals surface area contributed by atoms with E-state index < -0.39 is 17.5 Å². The lowest BCUT2D eigenvalue weighted by Crippen LogP contribution is -2.39. The summed E-state index contributed by atoms with van der Waals surface area (Å²) in [7, 11) is 0. The summed E-state index contributed by atoms with van der Waals surface area (Å²) in [6.07, 6.45) is 1.65. The molecule has 100 valence electrons. The highest BCUT2D eigenvalue weighted by molar-refractivity contribution is 9.10. The minimum Gasteiger partial charge on any atom is -0.385 e. The van der Waals surface area contributed by atoms with Crippen molar-refractivity contribution in [2.75, 3.05) is 6.61 Å². The molecule has 1 aliphatic heterocycles. The van der Waals surface area contributed by atoms with Crippen LogP contribution in [0.15, 0.2) is 16.6 Å². The molecule has 2 atom stereocenters.